The summed E-state index contributed by atoms with van der Waals surface area (Å²) in [6.45, 7) is 0.679. The van der Waals surface area contributed by atoms with Crippen LogP contribution in [0.5, 0.6) is 0 Å². The molecule has 1 aliphatic heterocycles. The Morgan fingerprint density at radius 3 is 2.83 bits per heavy atom. The van der Waals surface area contributed by atoms with Crippen LogP contribution >= 0.6 is 0 Å². The number of allylic oxidation sites excluding steroid dienone is 1. The van der Waals surface area contributed by atoms with E-state index in [0.29, 0.717) is 0 Å². The van der Waals surface area contributed by atoms with E-state index in [9.17, 15) is 18.4 Å². The molecule has 23 heavy (non-hydrogen) atoms. The Morgan fingerprint density at radius 1 is 1.61 bits per heavy atom. The SMILES string of the molecule is CC(=O)C=Cc1cn(C2OC(CO)C(=CF)C2F)c(=O)nc1N. The van der Waals surface area contributed by atoms with Crippen molar-refractivity contribution in [2.75, 3.05) is 12.3 Å². The molecule has 0 aromatic carbocycles. The maximum Gasteiger partial charge on any atom is 0.351 e. The lowest BCUT2D eigenvalue weighted by atomic mass is 10.1. The molecule has 2 heterocycles. The van der Waals surface area contributed by atoms with Crippen molar-refractivity contribution in [1.29, 1.82) is 0 Å². The Morgan fingerprint density at radius 2 is 2.30 bits per heavy atom. The highest BCUT2D eigenvalue weighted by atomic mass is 19.1. The van der Waals surface area contributed by atoms with Gasteiger partial charge in [0.25, 0.3) is 0 Å². The number of carbonyl (C=O) groups is 1. The first-order valence-corrected chi connectivity index (χ1v) is 6.67. The van der Waals surface area contributed by atoms with Gasteiger partial charge in [-0.1, -0.05) is 0 Å². The molecule has 1 aromatic rings. The summed E-state index contributed by atoms with van der Waals surface area (Å²) in [5, 5.41) is 9.09. The molecule has 1 fully saturated rings. The minimum atomic E-state index is -1.97. The van der Waals surface area contributed by atoms with Crippen molar-refractivity contribution in [2.24, 2.45) is 0 Å². The first-order valence-electron chi connectivity index (χ1n) is 6.67. The quantitative estimate of drug-likeness (QED) is 0.780. The van der Waals surface area contributed by atoms with Gasteiger partial charge in [-0.05, 0) is 19.1 Å². The molecular formula is C14H15F2N3O4. The third-order valence-electron chi connectivity index (χ3n) is 3.32. The minimum absolute atomic E-state index is 0.0118. The highest BCUT2D eigenvalue weighted by molar-refractivity contribution is 5.92. The van der Waals surface area contributed by atoms with Gasteiger partial charge in [-0.3, -0.25) is 9.36 Å². The van der Waals surface area contributed by atoms with Crippen molar-refractivity contribution >= 4 is 17.7 Å². The zero-order valence-corrected chi connectivity index (χ0v) is 12.1. The summed E-state index contributed by atoms with van der Waals surface area (Å²) in [5.74, 6) is -0.400. The molecule has 0 aliphatic carbocycles. The molecule has 0 bridgehead atoms. The Bertz CT molecular complexity index is 729. The van der Waals surface area contributed by atoms with Gasteiger partial charge in [0.15, 0.2) is 18.2 Å². The van der Waals surface area contributed by atoms with Gasteiger partial charge in [0.1, 0.15) is 11.9 Å². The highest BCUT2D eigenvalue weighted by Crippen LogP contribution is 2.35. The van der Waals surface area contributed by atoms with Crippen molar-refractivity contribution in [3.05, 3.63) is 40.2 Å². The smallest absolute Gasteiger partial charge is 0.351 e. The lowest BCUT2D eigenvalue weighted by Crippen LogP contribution is -2.31. The van der Waals surface area contributed by atoms with Crippen LogP contribution in [0.15, 0.2) is 29.0 Å². The van der Waals surface area contributed by atoms with Crippen molar-refractivity contribution in [3.63, 3.8) is 0 Å². The van der Waals surface area contributed by atoms with Gasteiger partial charge in [-0.2, -0.15) is 4.98 Å². The standard InChI is InChI=1S/C14H15F2N3O4/c1-7(21)2-3-8-5-19(14(22)18-12(8)17)13-11(16)9(4-15)10(6-20)23-13/h2-5,10-11,13,20H,6H2,1H3,(H2,17,18,22). The Balaban J connectivity index is 2.46. The van der Waals surface area contributed by atoms with E-state index in [-0.39, 0.29) is 23.5 Å². The first kappa shape index (κ1) is 17.0. The predicted molar refractivity (Wildman–Crippen MR) is 77.7 cm³/mol. The van der Waals surface area contributed by atoms with E-state index in [1.807, 2.05) is 0 Å². The number of rotatable bonds is 4. The molecule has 0 radical (unpaired) electrons. The molecule has 1 aliphatic rings. The maximum atomic E-state index is 14.3. The normalized spacial score (nSPS) is 26.3. The van der Waals surface area contributed by atoms with E-state index in [1.54, 1.807) is 0 Å². The van der Waals surface area contributed by atoms with Crippen LogP contribution in [0.3, 0.4) is 0 Å². The maximum absolute atomic E-state index is 14.3. The molecule has 0 saturated carbocycles. The third-order valence-corrected chi connectivity index (χ3v) is 3.32. The van der Waals surface area contributed by atoms with Crippen LogP contribution in [0.4, 0.5) is 14.6 Å². The number of ether oxygens (including phenoxy) is 1. The van der Waals surface area contributed by atoms with Crippen molar-refractivity contribution in [2.45, 2.75) is 25.4 Å². The summed E-state index contributed by atoms with van der Waals surface area (Å²) in [6.07, 6.45) is -0.953. The predicted octanol–water partition coefficient (Wildman–Crippen LogP) is 0.509. The summed E-state index contributed by atoms with van der Waals surface area (Å²) in [4.78, 5) is 26.4. The molecule has 1 aromatic heterocycles. The van der Waals surface area contributed by atoms with E-state index >= 15 is 0 Å². The van der Waals surface area contributed by atoms with Gasteiger partial charge >= 0.3 is 5.69 Å². The largest absolute Gasteiger partial charge is 0.393 e. The Kier molecular flexibility index (Phi) is 5.02. The van der Waals surface area contributed by atoms with Crippen LogP contribution < -0.4 is 11.4 Å². The second kappa shape index (κ2) is 6.80. The number of nitrogens with two attached hydrogens (primary N) is 1. The second-order valence-electron chi connectivity index (χ2n) is 4.92. The van der Waals surface area contributed by atoms with E-state index < -0.39 is 36.4 Å². The molecule has 9 heteroatoms. The number of aliphatic hydroxyl groups is 1. The Labute approximate surface area is 129 Å². The van der Waals surface area contributed by atoms with Crippen molar-refractivity contribution in [3.8, 4) is 0 Å². The number of carbonyl (C=O) groups excluding carboxylic acids is 1. The van der Waals surface area contributed by atoms with Gasteiger partial charge in [0.2, 0.25) is 0 Å². The van der Waals surface area contributed by atoms with Gasteiger partial charge < -0.3 is 15.6 Å². The van der Waals surface area contributed by atoms with Crippen LogP contribution in [0.1, 0.15) is 18.7 Å². The third kappa shape index (κ3) is 3.35. The van der Waals surface area contributed by atoms with Crippen LogP contribution in [-0.4, -0.2) is 39.3 Å². The fourth-order valence-corrected chi connectivity index (χ4v) is 2.16. The van der Waals surface area contributed by atoms with Gasteiger partial charge in [0.05, 0.1) is 12.9 Å². The first-order chi connectivity index (χ1) is 10.9. The summed E-state index contributed by atoms with van der Waals surface area (Å²) < 4.78 is 33.0. The zero-order valence-electron chi connectivity index (χ0n) is 12.1. The van der Waals surface area contributed by atoms with Crippen LogP contribution in [0, 0.1) is 0 Å². The molecule has 1 saturated heterocycles. The van der Waals surface area contributed by atoms with Crippen LogP contribution in [0.2, 0.25) is 0 Å². The fourth-order valence-electron chi connectivity index (χ4n) is 2.16. The molecule has 124 valence electrons. The number of hydrogen-bond acceptors (Lipinski definition) is 6. The number of halogens is 2. The monoisotopic (exact) mass is 327 g/mol. The molecule has 3 atom stereocenters. The molecular weight excluding hydrogens is 312 g/mol. The number of alkyl halides is 1. The fraction of sp³-hybridized carbons (Fsp3) is 0.357. The number of nitrogens with zero attached hydrogens (tertiary/aromatic N) is 2. The summed E-state index contributed by atoms with van der Waals surface area (Å²) in [7, 11) is 0. The van der Waals surface area contributed by atoms with Crippen molar-refractivity contribution < 1.29 is 23.4 Å². The molecule has 3 unspecified atom stereocenters. The van der Waals surface area contributed by atoms with E-state index in [0.717, 1.165) is 10.8 Å². The number of nitrogen functional groups attached to an aromatic ring is 1. The van der Waals surface area contributed by atoms with Gasteiger partial charge in [-0.15, -0.1) is 0 Å². The Hall–Kier alpha value is -2.39. The number of hydrogen-bond donors (Lipinski definition) is 2. The van der Waals surface area contributed by atoms with Gasteiger partial charge in [0, 0.05) is 17.3 Å². The van der Waals surface area contributed by atoms with Crippen LogP contribution in [-0.2, 0) is 9.53 Å². The molecule has 2 rings (SSSR count). The van der Waals surface area contributed by atoms with E-state index in [4.69, 9.17) is 15.6 Å². The summed E-state index contributed by atoms with van der Waals surface area (Å²) in [6, 6.07) is 0. The average molecular weight is 327 g/mol. The summed E-state index contributed by atoms with van der Waals surface area (Å²) in [5.41, 5.74) is 4.49. The minimum Gasteiger partial charge on any atom is -0.393 e. The van der Waals surface area contributed by atoms with Gasteiger partial charge in [-0.25, -0.2) is 13.6 Å². The summed E-state index contributed by atoms with van der Waals surface area (Å²) >= 11 is 0. The topological polar surface area (TPSA) is 107 Å². The number of anilines is 1. The van der Waals surface area contributed by atoms with Crippen molar-refractivity contribution in [1.82, 2.24) is 9.55 Å². The highest BCUT2D eigenvalue weighted by Gasteiger charge is 2.42. The lowest BCUT2D eigenvalue weighted by Gasteiger charge is -2.16. The molecule has 7 nitrogen and oxygen atoms in total. The zero-order chi connectivity index (χ0) is 17.1. The second-order valence-corrected chi connectivity index (χ2v) is 4.92. The van der Waals surface area contributed by atoms with E-state index in [1.165, 1.54) is 19.1 Å². The number of aliphatic hydroxyl groups excluding tert-OH is 1. The number of ketones is 1. The number of aromatic nitrogens is 2. The van der Waals surface area contributed by atoms with Crippen LogP contribution in [0.25, 0.3) is 6.08 Å². The molecule has 0 spiro atoms. The molecule has 0 amide bonds. The molecule has 3 N–H and O–H groups in total. The average Bonchev–Trinajstić information content (AvgIpc) is 2.82. The lowest BCUT2D eigenvalue weighted by molar-refractivity contribution is -0.112. The van der Waals surface area contributed by atoms with E-state index in [2.05, 4.69) is 4.98 Å².